The van der Waals surface area contributed by atoms with Crippen molar-refractivity contribution < 1.29 is 18.3 Å². The second-order valence-electron chi connectivity index (χ2n) is 4.60. The van der Waals surface area contributed by atoms with Gasteiger partial charge in [0.2, 0.25) is 0 Å². The molecule has 0 radical (unpaired) electrons. The molecule has 1 atom stereocenters. The number of nitrogens with one attached hydrogen (secondary N) is 1. The van der Waals surface area contributed by atoms with E-state index in [9.17, 15) is 13.6 Å². The molecule has 6 heteroatoms. The summed E-state index contributed by atoms with van der Waals surface area (Å²) in [5.41, 5.74) is -0.0404. The lowest BCUT2D eigenvalue weighted by molar-refractivity contribution is -0.143. The molecule has 1 rings (SSSR count). The van der Waals surface area contributed by atoms with E-state index in [1.807, 2.05) is 13.8 Å². The lowest BCUT2D eigenvalue weighted by atomic mass is 10.1. The van der Waals surface area contributed by atoms with E-state index in [1.54, 1.807) is 0 Å². The lowest BCUT2D eigenvalue weighted by Gasteiger charge is -2.21. The fourth-order valence-electron chi connectivity index (χ4n) is 2.08. The number of carbonyl (C=O) groups is 1. The van der Waals surface area contributed by atoms with E-state index in [2.05, 4.69) is 15.0 Å². The molecule has 1 aromatic rings. The molecule has 21 heavy (non-hydrogen) atoms. The average Bonchev–Trinajstić information content (AvgIpc) is 2.49. The van der Waals surface area contributed by atoms with Crippen LogP contribution in [-0.2, 0) is 9.53 Å². The average molecular weight is 300 g/mol. The Labute approximate surface area is 124 Å². The van der Waals surface area contributed by atoms with Crippen LogP contribution in [0, 0.1) is 11.6 Å². The van der Waals surface area contributed by atoms with E-state index in [0.29, 0.717) is 13.1 Å². The van der Waals surface area contributed by atoms with Crippen LogP contribution in [0.4, 0.5) is 8.78 Å². The first-order valence-corrected chi connectivity index (χ1v) is 7.01. The molecule has 0 aliphatic rings. The molecule has 1 N–H and O–H groups in total. The van der Waals surface area contributed by atoms with E-state index in [-0.39, 0.29) is 5.56 Å². The smallest absolute Gasteiger partial charge is 0.327 e. The van der Waals surface area contributed by atoms with Crippen LogP contribution >= 0.6 is 0 Å². The molecule has 0 aliphatic carbocycles. The Kier molecular flexibility index (Phi) is 7.25. The molecule has 0 heterocycles. The predicted molar refractivity (Wildman–Crippen MR) is 76.9 cm³/mol. The maximum Gasteiger partial charge on any atom is 0.327 e. The van der Waals surface area contributed by atoms with Gasteiger partial charge < -0.3 is 9.64 Å². The number of likely N-dealkylation sites (N-methyl/N-ethyl adjacent to an activating group) is 1. The molecule has 1 aromatic carbocycles. The molecule has 0 aliphatic heterocycles. The van der Waals surface area contributed by atoms with Gasteiger partial charge in [-0.25, -0.2) is 13.6 Å². The van der Waals surface area contributed by atoms with Gasteiger partial charge in [-0.1, -0.05) is 13.8 Å². The summed E-state index contributed by atoms with van der Waals surface area (Å²) >= 11 is 0. The molecule has 0 aromatic heterocycles. The zero-order valence-corrected chi connectivity index (χ0v) is 12.7. The Balaban J connectivity index is 2.81. The van der Waals surface area contributed by atoms with Crippen LogP contribution in [-0.4, -0.2) is 44.2 Å². The zero-order valence-electron chi connectivity index (χ0n) is 12.7. The quantitative estimate of drug-likeness (QED) is 0.747. The summed E-state index contributed by atoms with van der Waals surface area (Å²) in [6.45, 7) is 7.01. The largest absolute Gasteiger partial charge is 0.468 e. The molecule has 0 spiro atoms. The SMILES string of the molecule is CCN(CC)CCNC(C(=O)OC)c1cc(F)ccc1F. The molecule has 0 fully saturated rings. The van der Waals surface area contributed by atoms with Gasteiger partial charge in [0.05, 0.1) is 7.11 Å². The number of rotatable bonds is 8. The molecular formula is C15H22F2N2O2. The van der Waals surface area contributed by atoms with E-state index in [0.717, 1.165) is 31.3 Å². The minimum absolute atomic E-state index is 0.0404. The summed E-state index contributed by atoms with van der Waals surface area (Å²) in [6.07, 6.45) is 0. The molecule has 0 bridgehead atoms. The van der Waals surface area contributed by atoms with Crippen molar-refractivity contribution in [2.24, 2.45) is 0 Å². The molecule has 0 amide bonds. The summed E-state index contributed by atoms with van der Waals surface area (Å²) in [7, 11) is 1.22. The number of carbonyl (C=O) groups excluding carboxylic acids is 1. The maximum absolute atomic E-state index is 13.8. The van der Waals surface area contributed by atoms with Gasteiger partial charge in [-0.2, -0.15) is 0 Å². The summed E-state index contributed by atoms with van der Waals surface area (Å²) in [4.78, 5) is 14.0. The van der Waals surface area contributed by atoms with Crippen LogP contribution in [0.3, 0.4) is 0 Å². The number of benzene rings is 1. The first kappa shape index (κ1) is 17.5. The third-order valence-corrected chi connectivity index (χ3v) is 3.38. The molecule has 0 saturated carbocycles. The van der Waals surface area contributed by atoms with Crippen molar-refractivity contribution in [3.63, 3.8) is 0 Å². The van der Waals surface area contributed by atoms with Crippen LogP contribution < -0.4 is 5.32 Å². The standard InChI is InChI=1S/C15H22F2N2O2/c1-4-19(5-2)9-8-18-14(15(20)21-3)12-10-11(16)6-7-13(12)17/h6-7,10,14,18H,4-5,8-9H2,1-3H3. The number of ether oxygens (including phenoxy) is 1. The van der Waals surface area contributed by atoms with Crippen LogP contribution in [0.1, 0.15) is 25.5 Å². The second-order valence-corrected chi connectivity index (χ2v) is 4.60. The van der Waals surface area contributed by atoms with Crippen molar-refractivity contribution in [1.29, 1.82) is 0 Å². The van der Waals surface area contributed by atoms with Gasteiger partial charge in [0, 0.05) is 18.7 Å². The predicted octanol–water partition coefficient (Wildman–Crippen LogP) is 2.11. The number of methoxy groups -OCH3 is 1. The fourth-order valence-corrected chi connectivity index (χ4v) is 2.08. The Bertz CT molecular complexity index is 465. The lowest BCUT2D eigenvalue weighted by Crippen LogP contribution is -2.37. The monoisotopic (exact) mass is 300 g/mol. The molecule has 0 saturated heterocycles. The Morgan fingerprint density at radius 1 is 1.33 bits per heavy atom. The van der Waals surface area contributed by atoms with Crippen LogP contribution in [0.2, 0.25) is 0 Å². The highest BCUT2D eigenvalue weighted by atomic mass is 19.1. The summed E-state index contributed by atoms with van der Waals surface area (Å²) in [6, 6.07) is 2.03. The third kappa shape index (κ3) is 5.06. The summed E-state index contributed by atoms with van der Waals surface area (Å²) < 4.78 is 31.8. The highest BCUT2D eigenvalue weighted by Crippen LogP contribution is 2.19. The maximum atomic E-state index is 13.8. The Morgan fingerprint density at radius 3 is 2.57 bits per heavy atom. The van der Waals surface area contributed by atoms with Crippen molar-refractivity contribution in [3.8, 4) is 0 Å². The van der Waals surface area contributed by atoms with Crippen LogP contribution in [0.15, 0.2) is 18.2 Å². The van der Waals surface area contributed by atoms with Gasteiger partial charge in [-0.3, -0.25) is 5.32 Å². The number of nitrogens with zero attached hydrogens (tertiary/aromatic N) is 1. The number of hydrogen-bond donors (Lipinski definition) is 1. The van der Waals surface area contributed by atoms with Gasteiger partial charge >= 0.3 is 5.97 Å². The highest BCUT2D eigenvalue weighted by molar-refractivity contribution is 5.77. The molecule has 1 unspecified atom stereocenters. The Hall–Kier alpha value is -1.53. The first-order chi connectivity index (χ1) is 10.0. The van der Waals surface area contributed by atoms with Crippen molar-refractivity contribution in [2.45, 2.75) is 19.9 Å². The van der Waals surface area contributed by atoms with E-state index in [4.69, 9.17) is 0 Å². The van der Waals surface area contributed by atoms with Gasteiger partial charge in [-0.05, 0) is 31.3 Å². The van der Waals surface area contributed by atoms with E-state index < -0.39 is 23.6 Å². The number of halogens is 2. The first-order valence-electron chi connectivity index (χ1n) is 7.01. The normalized spacial score (nSPS) is 12.5. The van der Waals surface area contributed by atoms with Crippen molar-refractivity contribution in [3.05, 3.63) is 35.4 Å². The molecule has 4 nitrogen and oxygen atoms in total. The van der Waals surface area contributed by atoms with Gasteiger partial charge in [0.25, 0.3) is 0 Å². The topological polar surface area (TPSA) is 41.6 Å². The minimum Gasteiger partial charge on any atom is -0.468 e. The van der Waals surface area contributed by atoms with Gasteiger partial charge in [0.1, 0.15) is 17.7 Å². The van der Waals surface area contributed by atoms with Crippen LogP contribution in [0.5, 0.6) is 0 Å². The van der Waals surface area contributed by atoms with Crippen LogP contribution in [0.25, 0.3) is 0 Å². The molecular weight excluding hydrogens is 278 g/mol. The summed E-state index contributed by atoms with van der Waals surface area (Å²) in [5, 5.41) is 2.93. The van der Waals surface area contributed by atoms with Gasteiger partial charge in [0.15, 0.2) is 0 Å². The third-order valence-electron chi connectivity index (χ3n) is 3.38. The Morgan fingerprint density at radius 2 is 2.00 bits per heavy atom. The van der Waals surface area contributed by atoms with Crippen molar-refractivity contribution >= 4 is 5.97 Å². The summed E-state index contributed by atoms with van der Waals surface area (Å²) in [5.74, 6) is -1.87. The van der Waals surface area contributed by atoms with Crippen molar-refractivity contribution in [2.75, 3.05) is 33.3 Å². The number of esters is 1. The highest BCUT2D eigenvalue weighted by Gasteiger charge is 2.24. The van der Waals surface area contributed by atoms with Crippen molar-refractivity contribution in [1.82, 2.24) is 10.2 Å². The fraction of sp³-hybridized carbons (Fsp3) is 0.533. The second kappa shape index (κ2) is 8.69. The van der Waals surface area contributed by atoms with Gasteiger partial charge in [-0.15, -0.1) is 0 Å². The number of hydrogen-bond acceptors (Lipinski definition) is 4. The molecule has 118 valence electrons. The van der Waals surface area contributed by atoms with E-state index in [1.165, 1.54) is 7.11 Å². The van der Waals surface area contributed by atoms with E-state index >= 15 is 0 Å². The minimum atomic E-state index is -1.01. The zero-order chi connectivity index (χ0) is 15.8.